The normalized spacial score (nSPS) is 12.2. The molecule has 12 aromatic rings. The summed E-state index contributed by atoms with van der Waals surface area (Å²) in [4.78, 5) is 12.9. The summed E-state index contributed by atoms with van der Waals surface area (Å²) in [5.74, 6) is 0.876. The lowest BCUT2D eigenvalue weighted by atomic mass is 9.80. The van der Waals surface area contributed by atoms with E-state index in [4.69, 9.17) is 9.97 Å². The number of para-hydroxylation sites is 5. The number of hydrogen-bond acceptors (Lipinski definition) is 4. The fraction of sp³-hybridized carbons (Fsp3) is 0.167. The first-order valence-electron chi connectivity index (χ1n) is 27.1. The highest BCUT2D eigenvalue weighted by Gasteiger charge is 2.26. The Bertz CT molecular complexity index is 4150. The van der Waals surface area contributed by atoms with Crippen molar-refractivity contribution in [2.24, 2.45) is 0 Å². The number of hydrogen-bond donors (Lipinski definition) is 1. The standard InChI is InChI=1S/C72H65N5O/c1-70(2,3)51-39-49(59-30-21-32-66-68(59)74-69(61-29-17-19-33-67(61)78)77(66)58-44-52(71(4,5)6)43-53(45-58)72(7,8)9)38-50(40-51)63-42-48(36-37-73-63)47-34-35-65-62(41-47)60-28-16-18-31-64(60)76(65)57-27-20-26-56(46-57)75(54-22-12-10-13-23-54)55-24-14-11-15-25-55/h10-46,78H,1-9H3. The van der Waals surface area contributed by atoms with Crippen LogP contribution in [-0.4, -0.2) is 24.2 Å². The Labute approximate surface area is 458 Å². The molecule has 0 radical (unpaired) electrons. The lowest BCUT2D eigenvalue weighted by molar-refractivity contribution is 0.477. The molecule has 6 nitrogen and oxygen atoms in total. The lowest BCUT2D eigenvalue weighted by Crippen LogP contribution is -2.17. The van der Waals surface area contributed by atoms with E-state index in [-0.39, 0.29) is 22.0 Å². The van der Waals surface area contributed by atoms with Crippen LogP contribution in [-0.2, 0) is 16.2 Å². The molecule has 0 bridgehead atoms. The molecule has 0 saturated heterocycles. The van der Waals surface area contributed by atoms with Gasteiger partial charge in [0, 0.05) is 56.5 Å². The largest absolute Gasteiger partial charge is 0.507 e. The molecule has 0 atom stereocenters. The van der Waals surface area contributed by atoms with E-state index in [1.54, 1.807) is 6.07 Å². The maximum absolute atomic E-state index is 11.5. The van der Waals surface area contributed by atoms with E-state index in [0.29, 0.717) is 11.4 Å². The van der Waals surface area contributed by atoms with Crippen LogP contribution in [0.2, 0.25) is 0 Å². The van der Waals surface area contributed by atoms with Crippen molar-refractivity contribution in [2.45, 2.75) is 78.6 Å². The summed E-state index contributed by atoms with van der Waals surface area (Å²) in [5.41, 5.74) is 19.7. The number of nitrogens with zero attached hydrogens (tertiary/aromatic N) is 5. The topological polar surface area (TPSA) is 59.1 Å². The Kier molecular flexibility index (Phi) is 12.3. The molecule has 9 aromatic carbocycles. The number of imidazole rings is 1. The Morgan fingerprint density at radius 3 is 1.64 bits per heavy atom. The van der Waals surface area contributed by atoms with Crippen LogP contribution >= 0.6 is 0 Å². The molecular weight excluding hydrogens is 951 g/mol. The number of benzene rings is 9. The molecule has 0 unspecified atom stereocenters. The first kappa shape index (κ1) is 49.9. The maximum atomic E-state index is 11.5. The highest BCUT2D eigenvalue weighted by molar-refractivity contribution is 6.10. The molecule has 0 fully saturated rings. The van der Waals surface area contributed by atoms with Gasteiger partial charge in [-0.15, -0.1) is 0 Å². The summed E-state index contributed by atoms with van der Waals surface area (Å²) in [7, 11) is 0. The molecule has 78 heavy (non-hydrogen) atoms. The Balaban J connectivity index is 0.975. The third-order valence-corrected chi connectivity index (χ3v) is 15.3. The van der Waals surface area contributed by atoms with Crippen molar-refractivity contribution in [1.29, 1.82) is 0 Å². The van der Waals surface area contributed by atoms with Crippen molar-refractivity contribution in [3.63, 3.8) is 0 Å². The van der Waals surface area contributed by atoms with Crippen LogP contribution in [0, 0.1) is 0 Å². The summed E-state index contributed by atoms with van der Waals surface area (Å²) in [6.07, 6.45) is 1.94. The molecule has 1 N–H and O–H groups in total. The Morgan fingerprint density at radius 2 is 0.949 bits per heavy atom. The number of anilines is 3. The van der Waals surface area contributed by atoms with Crippen LogP contribution < -0.4 is 4.90 Å². The van der Waals surface area contributed by atoms with Gasteiger partial charge in [0.15, 0.2) is 0 Å². The number of phenols is 1. The molecular formula is C72H65N5O. The van der Waals surface area contributed by atoms with Crippen LogP contribution in [0.5, 0.6) is 5.75 Å². The highest BCUT2D eigenvalue weighted by atomic mass is 16.3. The van der Waals surface area contributed by atoms with Crippen molar-refractivity contribution >= 4 is 49.9 Å². The summed E-state index contributed by atoms with van der Waals surface area (Å²) in [6.45, 7) is 20.4. The van der Waals surface area contributed by atoms with Gasteiger partial charge in [-0.25, -0.2) is 4.98 Å². The molecule has 0 saturated carbocycles. The average Bonchev–Trinajstić information content (AvgIpc) is 4.23. The van der Waals surface area contributed by atoms with Gasteiger partial charge < -0.3 is 14.6 Å². The molecule has 384 valence electrons. The molecule has 0 aliphatic heterocycles. The fourth-order valence-corrected chi connectivity index (χ4v) is 11.0. The van der Waals surface area contributed by atoms with Gasteiger partial charge >= 0.3 is 0 Å². The summed E-state index contributed by atoms with van der Waals surface area (Å²) < 4.78 is 4.64. The monoisotopic (exact) mass is 1020 g/mol. The second-order valence-electron chi connectivity index (χ2n) is 23.8. The van der Waals surface area contributed by atoms with Gasteiger partial charge in [-0.1, -0.05) is 165 Å². The third kappa shape index (κ3) is 9.21. The first-order valence-corrected chi connectivity index (χ1v) is 27.1. The number of aromatic hydroxyl groups is 1. The van der Waals surface area contributed by atoms with E-state index < -0.39 is 0 Å². The van der Waals surface area contributed by atoms with Crippen molar-refractivity contribution in [3.05, 3.63) is 241 Å². The summed E-state index contributed by atoms with van der Waals surface area (Å²) in [6, 6.07) is 77.8. The Hall–Kier alpha value is -9.00. The van der Waals surface area contributed by atoms with E-state index in [2.05, 4.69) is 270 Å². The molecule has 0 amide bonds. The van der Waals surface area contributed by atoms with Gasteiger partial charge in [-0.05, 0) is 165 Å². The van der Waals surface area contributed by atoms with Crippen LogP contribution in [0.25, 0.3) is 89.1 Å². The molecule has 0 aliphatic carbocycles. The highest BCUT2D eigenvalue weighted by Crippen LogP contribution is 2.43. The minimum Gasteiger partial charge on any atom is -0.507 e. The second-order valence-corrected chi connectivity index (χ2v) is 23.8. The van der Waals surface area contributed by atoms with Crippen molar-refractivity contribution < 1.29 is 5.11 Å². The van der Waals surface area contributed by atoms with Crippen LogP contribution in [0.3, 0.4) is 0 Å². The number of fused-ring (bicyclic) bond motifs is 4. The van der Waals surface area contributed by atoms with Gasteiger partial charge in [-0.3, -0.25) is 9.55 Å². The van der Waals surface area contributed by atoms with E-state index in [0.717, 1.165) is 84.0 Å². The van der Waals surface area contributed by atoms with Gasteiger partial charge in [0.25, 0.3) is 0 Å². The number of phenolic OH excluding ortho intramolecular Hbond substituents is 1. The fourth-order valence-electron chi connectivity index (χ4n) is 11.0. The lowest BCUT2D eigenvalue weighted by Gasteiger charge is -2.27. The predicted octanol–water partition coefficient (Wildman–Crippen LogP) is 19.3. The van der Waals surface area contributed by atoms with Gasteiger partial charge in [0.2, 0.25) is 0 Å². The van der Waals surface area contributed by atoms with Crippen molar-refractivity contribution in [3.8, 4) is 62.0 Å². The zero-order chi connectivity index (χ0) is 54.1. The summed E-state index contributed by atoms with van der Waals surface area (Å²) >= 11 is 0. The second kappa shape index (κ2) is 19.2. The molecule has 3 heterocycles. The minimum absolute atomic E-state index is 0.0995. The van der Waals surface area contributed by atoms with Crippen LogP contribution in [0.1, 0.15) is 79.0 Å². The molecule has 0 aliphatic rings. The van der Waals surface area contributed by atoms with Crippen molar-refractivity contribution in [2.75, 3.05) is 4.90 Å². The molecule has 3 aromatic heterocycles. The van der Waals surface area contributed by atoms with Crippen molar-refractivity contribution in [1.82, 2.24) is 19.1 Å². The maximum Gasteiger partial charge on any atom is 0.149 e. The summed E-state index contributed by atoms with van der Waals surface area (Å²) in [5, 5.41) is 13.9. The van der Waals surface area contributed by atoms with E-state index in [1.807, 2.05) is 24.4 Å². The van der Waals surface area contributed by atoms with E-state index in [9.17, 15) is 5.11 Å². The molecule has 0 spiro atoms. The zero-order valence-electron chi connectivity index (χ0n) is 46.0. The Morgan fingerprint density at radius 1 is 0.385 bits per heavy atom. The quantitative estimate of drug-likeness (QED) is 0.157. The van der Waals surface area contributed by atoms with Gasteiger partial charge in [-0.2, -0.15) is 0 Å². The van der Waals surface area contributed by atoms with E-state index >= 15 is 0 Å². The number of aromatic nitrogens is 4. The van der Waals surface area contributed by atoms with Gasteiger partial charge in [0.05, 0.1) is 33.3 Å². The SMILES string of the molecule is CC(C)(C)c1cc(-c2cc(-c3ccc4c(c3)c3ccccc3n4-c3cccc(N(c4ccccc4)c4ccccc4)c3)ccn2)cc(-c2cccc3c2nc(-c2ccccc2O)n3-c2cc(C(C)(C)C)cc(C(C)(C)C)c2)c1. The molecule has 12 rings (SSSR count). The smallest absolute Gasteiger partial charge is 0.149 e. The average molecular weight is 1020 g/mol. The van der Waals surface area contributed by atoms with Crippen LogP contribution in [0.15, 0.2) is 225 Å². The van der Waals surface area contributed by atoms with Crippen LogP contribution in [0.4, 0.5) is 17.1 Å². The van der Waals surface area contributed by atoms with Gasteiger partial charge in [0.1, 0.15) is 11.6 Å². The predicted molar refractivity (Wildman–Crippen MR) is 327 cm³/mol. The zero-order valence-corrected chi connectivity index (χ0v) is 46.0. The van der Waals surface area contributed by atoms with E-state index in [1.165, 1.54) is 27.5 Å². The first-order chi connectivity index (χ1) is 37.5. The third-order valence-electron chi connectivity index (χ3n) is 15.3. The minimum atomic E-state index is -0.173. The number of pyridine rings is 1. The molecule has 6 heteroatoms. The number of rotatable bonds is 9.